The summed E-state index contributed by atoms with van der Waals surface area (Å²) in [7, 11) is 0. The van der Waals surface area contributed by atoms with Crippen molar-refractivity contribution < 1.29 is 9.53 Å². The van der Waals surface area contributed by atoms with E-state index in [-0.39, 0.29) is 6.09 Å². The smallest absolute Gasteiger partial charge is 0.410 e. The van der Waals surface area contributed by atoms with Gasteiger partial charge in [0.15, 0.2) is 0 Å². The van der Waals surface area contributed by atoms with Crippen molar-refractivity contribution in [1.29, 1.82) is 5.26 Å². The van der Waals surface area contributed by atoms with Gasteiger partial charge in [-0.15, -0.1) is 0 Å². The van der Waals surface area contributed by atoms with Gasteiger partial charge in [0.05, 0.1) is 6.07 Å². The normalized spacial score (nSPS) is 19.3. The Morgan fingerprint density at radius 3 is 2.74 bits per heavy atom. The second kappa shape index (κ2) is 7.37. The maximum Gasteiger partial charge on any atom is 0.410 e. The Balaban J connectivity index is 2.33. The molecule has 1 aliphatic heterocycles. The predicted molar refractivity (Wildman–Crippen MR) is 74.7 cm³/mol. The fraction of sp³-hybridized carbons (Fsp3) is 0.867. The fourth-order valence-electron chi connectivity index (χ4n) is 2.46. The van der Waals surface area contributed by atoms with Crippen molar-refractivity contribution >= 4 is 6.09 Å². The Bertz CT molecular complexity index is 328. The maximum atomic E-state index is 12.1. The van der Waals surface area contributed by atoms with E-state index >= 15 is 0 Å². The molecule has 4 nitrogen and oxygen atoms in total. The van der Waals surface area contributed by atoms with Gasteiger partial charge in [-0.3, -0.25) is 0 Å². The van der Waals surface area contributed by atoms with Crippen molar-refractivity contribution in [3.05, 3.63) is 0 Å². The summed E-state index contributed by atoms with van der Waals surface area (Å²) in [5, 5.41) is 8.48. The van der Waals surface area contributed by atoms with Gasteiger partial charge in [-0.2, -0.15) is 5.26 Å². The molecule has 108 valence electrons. The zero-order valence-corrected chi connectivity index (χ0v) is 12.4. The molecule has 0 unspecified atom stereocenters. The summed E-state index contributed by atoms with van der Waals surface area (Å²) < 4.78 is 5.44. The third-order valence-corrected chi connectivity index (χ3v) is 3.33. The van der Waals surface area contributed by atoms with Crippen LogP contribution in [0.2, 0.25) is 0 Å². The molecule has 1 atom stereocenters. The van der Waals surface area contributed by atoms with E-state index in [1.54, 1.807) is 0 Å². The molecule has 4 heteroatoms. The topological polar surface area (TPSA) is 53.3 Å². The van der Waals surface area contributed by atoms with Crippen molar-refractivity contribution in [3.63, 3.8) is 0 Å². The van der Waals surface area contributed by atoms with Crippen LogP contribution in [0.15, 0.2) is 0 Å². The van der Waals surface area contributed by atoms with Crippen LogP contribution in [0.4, 0.5) is 4.79 Å². The van der Waals surface area contributed by atoms with Gasteiger partial charge in [0.25, 0.3) is 0 Å². The number of nitrogens with zero attached hydrogens (tertiary/aromatic N) is 2. The number of rotatable bonds is 5. The maximum absolute atomic E-state index is 12.1. The first-order chi connectivity index (χ1) is 8.94. The number of nitriles is 1. The van der Waals surface area contributed by atoms with Crippen LogP contribution < -0.4 is 0 Å². The van der Waals surface area contributed by atoms with E-state index in [9.17, 15) is 4.79 Å². The highest BCUT2D eigenvalue weighted by Gasteiger charge is 2.31. The number of amides is 1. The van der Waals surface area contributed by atoms with Crippen LogP contribution in [-0.2, 0) is 4.74 Å². The fourth-order valence-corrected chi connectivity index (χ4v) is 2.46. The van der Waals surface area contributed by atoms with Crippen LogP contribution in [0.5, 0.6) is 0 Å². The molecule has 1 rings (SSSR count). The third-order valence-electron chi connectivity index (χ3n) is 3.33. The molecule has 0 N–H and O–H groups in total. The Morgan fingerprint density at radius 2 is 2.11 bits per heavy atom. The molecule has 0 aromatic carbocycles. The summed E-state index contributed by atoms with van der Waals surface area (Å²) in [5.41, 5.74) is -0.420. The molecule has 1 aliphatic rings. The number of carbonyl (C=O) groups is 1. The number of likely N-dealkylation sites (tertiary alicyclic amines) is 1. The van der Waals surface area contributed by atoms with Crippen LogP contribution in [0.1, 0.15) is 65.7 Å². The molecule has 0 radical (unpaired) electrons. The minimum absolute atomic E-state index is 0.174. The van der Waals surface area contributed by atoms with E-state index in [4.69, 9.17) is 10.00 Å². The molecule has 0 spiro atoms. The molecule has 19 heavy (non-hydrogen) atoms. The van der Waals surface area contributed by atoms with Gasteiger partial charge < -0.3 is 9.64 Å². The predicted octanol–water partition coefficient (Wildman–Crippen LogP) is 3.86. The highest BCUT2D eigenvalue weighted by Crippen LogP contribution is 2.24. The molecule has 1 heterocycles. The Labute approximate surface area is 116 Å². The van der Waals surface area contributed by atoms with Crippen molar-refractivity contribution in [2.45, 2.75) is 77.4 Å². The quantitative estimate of drug-likeness (QED) is 0.710. The Kier molecular flexibility index (Phi) is 6.14. The average molecular weight is 266 g/mol. The van der Waals surface area contributed by atoms with Gasteiger partial charge in [0.1, 0.15) is 5.60 Å². The third kappa shape index (κ3) is 5.96. The van der Waals surface area contributed by atoms with Gasteiger partial charge in [0, 0.05) is 19.0 Å². The highest BCUT2D eigenvalue weighted by atomic mass is 16.6. The second-order valence-corrected chi connectivity index (χ2v) is 6.23. The molecule has 0 bridgehead atoms. The lowest BCUT2D eigenvalue weighted by atomic mass is 10.1. The standard InChI is InChI=1S/C15H26N2O2/c1-15(2,3)19-14(18)17-12-8-10-13(17)9-6-4-5-7-11-16/h13H,4-10,12H2,1-3H3/t13-/m1/s1. The number of unbranched alkanes of at least 4 members (excludes halogenated alkanes) is 3. The van der Waals surface area contributed by atoms with E-state index in [1.807, 2.05) is 25.7 Å². The van der Waals surface area contributed by atoms with Crippen LogP contribution in [0, 0.1) is 11.3 Å². The van der Waals surface area contributed by atoms with Crippen molar-refractivity contribution in [2.24, 2.45) is 0 Å². The van der Waals surface area contributed by atoms with Gasteiger partial charge >= 0.3 is 6.09 Å². The number of ether oxygens (including phenoxy) is 1. The lowest BCUT2D eigenvalue weighted by Crippen LogP contribution is -2.39. The van der Waals surface area contributed by atoms with Crippen molar-refractivity contribution in [1.82, 2.24) is 4.90 Å². The number of hydrogen-bond donors (Lipinski definition) is 0. The molecule has 1 saturated heterocycles. The first-order valence-electron chi connectivity index (χ1n) is 7.30. The van der Waals surface area contributed by atoms with Crippen molar-refractivity contribution in [3.8, 4) is 6.07 Å². The van der Waals surface area contributed by atoms with Crippen LogP contribution in [0.3, 0.4) is 0 Å². The minimum Gasteiger partial charge on any atom is -0.444 e. The van der Waals surface area contributed by atoms with E-state index in [0.717, 1.165) is 45.1 Å². The van der Waals surface area contributed by atoms with Gasteiger partial charge in [-0.25, -0.2) is 4.79 Å². The number of hydrogen-bond acceptors (Lipinski definition) is 3. The monoisotopic (exact) mass is 266 g/mol. The van der Waals surface area contributed by atoms with E-state index in [2.05, 4.69) is 6.07 Å². The minimum atomic E-state index is -0.420. The summed E-state index contributed by atoms with van der Waals surface area (Å²) in [5.74, 6) is 0. The van der Waals surface area contributed by atoms with Crippen LogP contribution in [-0.4, -0.2) is 29.2 Å². The van der Waals surface area contributed by atoms with Crippen LogP contribution >= 0.6 is 0 Å². The Hall–Kier alpha value is -1.24. The van der Waals surface area contributed by atoms with E-state index in [1.165, 1.54) is 0 Å². The van der Waals surface area contributed by atoms with Gasteiger partial charge in [-0.05, 0) is 46.5 Å². The first kappa shape index (κ1) is 15.8. The van der Waals surface area contributed by atoms with Gasteiger partial charge in [0.2, 0.25) is 0 Å². The lowest BCUT2D eigenvalue weighted by molar-refractivity contribution is 0.0218. The van der Waals surface area contributed by atoms with Crippen LogP contribution in [0.25, 0.3) is 0 Å². The average Bonchev–Trinajstić information content (AvgIpc) is 2.75. The summed E-state index contributed by atoms with van der Waals surface area (Å²) in [6.45, 7) is 6.52. The first-order valence-corrected chi connectivity index (χ1v) is 7.30. The molecule has 1 amide bonds. The van der Waals surface area contributed by atoms with Gasteiger partial charge in [-0.1, -0.05) is 12.8 Å². The molecular formula is C15H26N2O2. The highest BCUT2D eigenvalue weighted by molar-refractivity contribution is 5.68. The van der Waals surface area contributed by atoms with E-state index in [0.29, 0.717) is 12.5 Å². The lowest BCUT2D eigenvalue weighted by Gasteiger charge is -2.28. The molecule has 0 saturated carbocycles. The zero-order chi connectivity index (χ0) is 14.3. The molecule has 0 aromatic rings. The van der Waals surface area contributed by atoms with E-state index < -0.39 is 5.60 Å². The Morgan fingerprint density at radius 1 is 1.37 bits per heavy atom. The summed E-state index contributed by atoms with van der Waals surface area (Å²) >= 11 is 0. The largest absolute Gasteiger partial charge is 0.444 e. The van der Waals surface area contributed by atoms with Crippen molar-refractivity contribution in [2.75, 3.05) is 6.54 Å². The molecule has 0 aromatic heterocycles. The molecule has 1 fully saturated rings. The SMILES string of the molecule is CC(C)(C)OC(=O)N1CCC[C@H]1CCCCCC#N. The molecule has 0 aliphatic carbocycles. The summed E-state index contributed by atoms with van der Waals surface area (Å²) in [6.07, 6.45) is 6.78. The zero-order valence-electron chi connectivity index (χ0n) is 12.4. The summed E-state index contributed by atoms with van der Waals surface area (Å²) in [4.78, 5) is 14.0. The summed E-state index contributed by atoms with van der Waals surface area (Å²) in [6, 6.07) is 2.49. The number of carbonyl (C=O) groups excluding carboxylic acids is 1. The second-order valence-electron chi connectivity index (χ2n) is 6.23. The molecular weight excluding hydrogens is 240 g/mol.